The Morgan fingerprint density at radius 1 is 1.22 bits per heavy atom. The highest BCUT2D eigenvalue weighted by atomic mass is 16.5. The number of nitrogens with one attached hydrogen (secondary N) is 1. The highest BCUT2D eigenvalue weighted by Crippen LogP contribution is 2.18. The molecule has 0 saturated heterocycles. The molecule has 0 saturated carbocycles. The molecule has 0 aliphatic carbocycles. The minimum absolute atomic E-state index is 0.264. The van der Waals surface area contributed by atoms with Crippen LogP contribution >= 0.6 is 0 Å². The zero-order valence-electron chi connectivity index (χ0n) is 13.4. The van der Waals surface area contributed by atoms with Crippen LogP contribution in [0.25, 0.3) is 0 Å². The Balaban J connectivity index is 2.06. The van der Waals surface area contributed by atoms with Crippen LogP contribution in [0.1, 0.15) is 23.0 Å². The first-order valence-electron chi connectivity index (χ1n) is 7.26. The summed E-state index contributed by atoms with van der Waals surface area (Å²) in [4.78, 5) is 25.5. The average molecular weight is 316 g/mol. The fourth-order valence-corrected chi connectivity index (χ4v) is 2.05. The number of ether oxygens (including phenoxy) is 1. The molecule has 1 heterocycles. The van der Waals surface area contributed by atoms with Crippen LogP contribution in [0.5, 0.6) is 0 Å². The Morgan fingerprint density at radius 3 is 2.61 bits per heavy atom. The van der Waals surface area contributed by atoms with Crippen molar-refractivity contribution in [3.63, 3.8) is 0 Å². The number of furan rings is 1. The Labute approximate surface area is 135 Å². The highest BCUT2D eigenvalue weighted by Gasteiger charge is 2.21. The molecule has 0 bridgehead atoms. The first-order chi connectivity index (χ1) is 11.0. The van der Waals surface area contributed by atoms with Crippen molar-refractivity contribution in [2.45, 2.75) is 19.6 Å². The van der Waals surface area contributed by atoms with Gasteiger partial charge in [-0.3, -0.25) is 4.79 Å². The number of benzene rings is 1. The summed E-state index contributed by atoms with van der Waals surface area (Å²) in [6, 6.07) is 10.6. The third-order valence-corrected chi connectivity index (χ3v) is 3.25. The predicted octanol–water partition coefficient (Wildman–Crippen LogP) is 2.53. The second-order valence-electron chi connectivity index (χ2n) is 5.26. The van der Waals surface area contributed by atoms with Crippen LogP contribution in [0, 0.1) is 0 Å². The van der Waals surface area contributed by atoms with Crippen LogP contribution in [0.2, 0.25) is 0 Å². The van der Waals surface area contributed by atoms with Gasteiger partial charge in [0.2, 0.25) is 0 Å². The number of likely N-dealkylation sites (N-methyl/N-ethyl adjacent to an activating group) is 1. The number of hydrogen-bond acceptors (Lipinski definition) is 5. The molecule has 1 atom stereocenters. The van der Waals surface area contributed by atoms with Gasteiger partial charge in [-0.25, -0.2) is 4.79 Å². The minimum Gasteiger partial charge on any atom is -0.467 e. The Bertz CT molecular complexity index is 665. The van der Waals surface area contributed by atoms with Crippen molar-refractivity contribution in [1.82, 2.24) is 4.90 Å². The number of hydrogen-bond donors (Lipinski definition) is 1. The van der Waals surface area contributed by atoms with E-state index in [4.69, 9.17) is 9.15 Å². The number of carbonyl (C=O) groups is 2. The smallest absolute Gasteiger partial charge is 0.341 e. The maximum absolute atomic E-state index is 12.3. The molecule has 2 aromatic rings. The van der Waals surface area contributed by atoms with Crippen molar-refractivity contribution in [3.8, 4) is 0 Å². The van der Waals surface area contributed by atoms with Crippen LogP contribution in [-0.4, -0.2) is 37.0 Å². The van der Waals surface area contributed by atoms with Crippen molar-refractivity contribution >= 4 is 17.6 Å². The lowest BCUT2D eigenvalue weighted by molar-refractivity contribution is -0.137. The standard InChI is InChI=1S/C17H20N2O4/c1-12(16(20)19(2)3)23-17(21)14-8-4-5-9-15(14)18-11-13-7-6-10-22-13/h4-10,12,18H,11H2,1-3H3/t12-/m0/s1. The van der Waals surface area contributed by atoms with E-state index in [0.717, 1.165) is 5.76 Å². The summed E-state index contributed by atoms with van der Waals surface area (Å²) in [6.45, 7) is 2.00. The van der Waals surface area contributed by atoms with E-state index in [1.54, 1.807) is 51.5 Å². The SMILES string of the molecule is C[C@H](OC(=O)c1ccccc1NCc1ccco1)C(=O)N(C)C. The first kappa shape index (κ1) is 16.6. The van der Waals surface area contributed by atoms with Crippen molar-refractivity contribution in [2.24, 2.45) is 0 Å². The number of anilines is 1. The number of amides is 1. The molecular formula is C17H20N2O4. The molecule has 0 radical (unpaired) electrons. The summed E-state index contributed by atoms with van der Waals surface area (Å²) in [5.74, 6) is -0.0565. The van der Waals surface area contributed by atoms with Gasteiger partial charge in [-0.15, -0.1) is 0 Å². The van der Waals surface area contributed by atoms with Crippen LogP contribution in [-0.2, 0) is 16.1 Å². The molecule has 1 amide bonds. The summed E-state index contributed by atoms with van der Waals surface area (Å²) >= 11 is 0. The number of nitrogens with zero attached hydrogens (tertiary/aromatic N) is 1. The zero-order chi connectivity index (χ0) is 16.8. The number of para-hydroxylation sites is 1. The lowest BCUT2D eigenvalue weighted by Gasteiger charge is -2.18. The van der Waals surface area contributed by atoms with Crippen molar-refractivity contribution in [3.05, 3.63) is 54.0 Å². The largest absolute Gasteiger partial charge is 0.467 e. The first-order valence-corrected chi connectivity index (χ1v) is 7.26. The Morgan fingerprint density at radius 2 is 1.96 bits per heavy atom. The van der Waals surface area contributed by atoms with E-state index in [2.05, 4.69) is 5.32 Å². The van der Waals surface area contributed by atoms with Gasteiger partial charge in [0, 0.05) is 19.8 Å². The number of carbonyl (C=O) groups excluding carboxylic acids is 2. The van der Waals surface area contributed by atoms with Gasteiger partial charge in [0.05, 0.1) is 18.4 Å². The number of rotatable bonds is 6. The molecule has 23 heavy (non-hydrogen) atoms. The predicted molar refractivity (Wildman–Crippen MR) is 86.0 cm³/mol. The van der Waals surface area contributed by atoms with Gasteiger partial charge in [-0.05, 0) is 31.2 Å². The maximum atomic E-state index is 12.3. The topological polar surface area (TPSA) is 71.8 Å². The third-order valence-electron chi connectivity index (χ3n) is 3.25. The molecule has 0 unspecified atom stereocenters. The molecule has 122 valence electrons. The summed E-state index contributed by atoms with van der Waals surface area (Å²) in [5.41, 5.74) is 0.996. The van der Waals surface area contributed by atoms with E-state index < -0.39 is 12.1 Å². The van der Waals surface area contributed by atoms with Crippen molar-refractivity contribution in [2.75, 3.05) is 19.4 Å². The van der Waals surface area contributed by atoms with Gasteiger partial charge < -0.3 is 19.4 Å². The van der Waals surface area contributed by atoms with Gasteiger partial charge in [0.1, 0.15) is 5.76 Å². The molecule has 0 aliphatic heterocycles. The van der Waals surface area contributed by atoms with Gasteiger partial charge in [-0.2, -0.15) is 0 Å². The number of esters is 1. The Kier molecular flexibility index (Phi) is 5.41. The fraction of sp³-hybridized carbons (Fsp3) is 0.294. The molecule has 0 aliphatic rings. The van der Waals surface area contributed by atoms with E-state index in [1.807, 2.05) is 12.1 Å². The quantitative estimate of drug-likeness (QED) is 0.829. The van der Waals surface area contributed by atoms with Crippen LogP contribution in [0.4, 0.5) is 5.69 Å². The molecular weight excluding hydrogens is 296 g/mol. The molecule has 1 N–H and O–H groups in total. The molecule has 0 fully saturated rings. The minimum atomic E-state index is -0.837. The van der Waals surface area contributed by atoms with E-state index in [1.165, 1.54) is 4.90 Å². The maximum Gasteiger partial charge on any atom is 0.341 e. The molecule has 6 nitrogen and oxygen atoms in total. The molecule has 1 aromatic carbocycles. The zero-order valence-corrected chi connectivity index (χ0v) is 13.4. The molecule has 6 heteroatoms. The van der Waals surface area contributed by atoms with Gasteiger partial charge in [-0.1, -0.05) is 12.1 Å². The molecule has 1 aromatic heterocycles. The molecule has 2 rings (SSSR count). The average Bonchev–Trinajstić information content (AvgIpc) is 3.05. The van der Waals surface area contributed by atoms with Gasteiger partial charge in [0.15, 0.2) is 6.10 Å². The fourth-order valence-electron chi connectivity index (χ4n) is 2.05. The van der Waals surface area contributed by atoms with Crippen molar-refractivity contribution in [1.29, 1.82) is 0 Å². The normalized spacial score (nSPS) is 11.6. The second kappa shape index (κ2) is 7.49. The van der Waals surface area contributed by atoms with Gasteiger partial charge in [0.25, 0.3) is 5.91 Å². The van der Waals surface area contributed by atoms with Gasteiger partial charge >= 0.3 is 5.97 Å². The van der Waals surface area contributed by atoms with E-state index in [0.29, 0.717) is 17.8 Å². The molecule has 0 spiro atoms. The lowest BCUT2D eigenvalue weighted by Crippen LogP contribution is -2.35. The monoisotopic (exact) mass is 316 g/mol. The highest BCUT2D eigenvalue weighted by molar-refractivity contribution is 5.97. The second-order valence-corrected chi connectivity index (χ2v) is 5.26. The lowest BCUT2D eigenvalue weighted by atomic mass is 10.1. The van der Waals surface area contributed by atoms with E-state index >= 15 is 0 Å². The van der Waals surface area contributed by atoms with Crippen LogP contribution in [0.3, 0.4) is 0 Å². The summed E-state index contributed by atoms with van der Waals surface area (Å²) in [7, 11) is 3.23. The van der Waals surface area contributed by atoms with Crippen LogP contribution < -0.4 is 5.32 Å². The third kappa shape index (κ3) is 4.35. The van der Waals surface area contributed by atoms with Crippen LogP contribution in [0.15, 0.2) is 47.1 Å². The van der Waals surface area contributed by atoms with E-state index in [9.17, 15) is 9.59 Å². The Hall–Kier alpha value is -2.76. The summed E-state index contributed by atoms with van der Waals surface area (Å²) in [5, 5.41) is 3.13. The van der Waals surface area contributed by atoms with Crippen molar-refractivity contribution < 1.29 is 18.7 Å². The summed E-state index contributed by atoms with van der Waals surface area (Å²) in [6.07, 6.45) is 0.752. The summed E-state index contributed by atoms with van der Waals surface area (Å²) < 4.78 is 10.5. The van der Waals surface area contributed by atoms with E-state index in [-0.39, 0.29) is 5.91 Å².